The molecule has 1 atom stereocenters. The van der Waals surface area contributed by atoms with Gasteiger partial charge in [0.1, 0.15) is 23.9 Å². The number of nitrogens with one attached hydrogen (secondary N) is 4. The topological polar surface area (TPSA) is 108 Å². The van der Waals surface area contributed by atoms with Crippen LogP contribution >= 0.6 is 0 Å². The molecule has 0 amide bonds. The number of imidazole rings is 2. The number of aromatic amines is 2. The summed E-state index contributed by atoms with van der Waals surface area (Å²) in [7, 11) is 0. The standard InChI is InChI=1S/C34H36N6O2/c1-2-18-35-21-30-39-31(32(40-30)34(41)42-22-23-7-4-3-5-8-23)27-16-12-25(13-17-27)24-10-14-26(15-11-24)29-20-37-33(38-29)28-9-6-19-36-28/h3-5,7-8,10-17,20,28,35-36H,2,6,9,18-19,21-22H2,1H3,(H,37,38)(H,39,40)/t28-/m0/s1. The Labute approximate surface area is 246 Å². The molecule has 4 N–H and O–H groups in total. The van der Waals surface area contributed by atoms with Crippen molar-refractivity contribution >= 4 is 5.97 Å². The van der Waals surface area contributed by atoms with Gasteiger partial charge in [-0.3, -0.25) is 0 Å². The number of benzene rings is 3. The van der Waals surface area contributed by atoms with E-state index in [-0.39, 0.29) is 6.61 Å². The molecule has 1 fully saturated rings. The minimum atomic E-state index is -0.423. The van der Waals surface area contributed by atoms with Gasteiger partial charge in [0.25, 0.3) is 0 Å². The second kappa shape index (κ2) is 13.0. The number of ether oxygens (including phenoxy) is 1. The normalized spacial score (nSPS) is 14.7. The maximum atomic E-state index is 13.1. The predicted molar refractivity (Wildman–Crippen MR) is 165 cm³/mol. The number of rotatable bonds is 11. The average Bonchev–Trinajstić information content (AvgIpc) is 3.82. The first-order valence-corrected chi connectivity index (χ1v) is 14.7. The third-order valence-electron chi connectivity index (χ3n) is 7.56. The van der Waals surface area contributed by atoms with Crippen LogP contribution < -0.4 is 10.6 Å². The van der Waals surface area contributed by atoms with Gasteiger partial charge in [0.15, 0.2) is 5.69 Å². The SMILES string of the molecule is CCCNCc1nc(-c2ccc(-c3ccc(-c4cnc([C@@H]5CCCN5)[nH]4)cc3)cc2)c(C(=O)OCc2ccccc2)[nH]1. The molecule has 6 rings (SSSR count). The first kappa shape index (κ1) is 27.6. The molecule has 2 aromatic heterocycles. The van der Waals surface area contributed by atoms with E-state index in [2.05, 4.69) is 68.9 Å². The number of hydrogen-bond donors (Lipinski definition) is 4. The summed E-state index contributed by atoms with van der Waals surface area (Å²) >= 11 is 0. The summed E-state index contributed by atoms with van der Waals surface area (Å²) in [4.78, 5) is 29.2. The molecular formula is C34H36N6O2. The second-order valence-electron chi connectivity index (χ2n) is 10.6. The smallest absolute Gasteiger partial charge is 0.357 e. The maximum absolute atomic E-state index is 13.1. The van der Waals surface area contributed by atoms with Crippen molar-refractivity contribution in [2.45, 2.75) is 45.4 Å². The molecule has 3 heterocycles. The summed E-state index contributed by atoms with van der Waals surface area (Å²) in [5.74, 6) is 1.29. The number of H-pyrrole nitrogens is 2. The van der Waals surface area contributed by atoms with E-state index in [4.69, 9.17) is 9.72 Å². The van der Waals surface area contributed by atoms with E-state index >= 15 is 0 Å². The predicted octanol–water partition coefficient (Wildman–Crippen LogP) is 6.41. The number of carbonyl (C=O) groups excluding carboxylic acids is 1. The van der Waals surface area contributed by atoms with Crippen LogP contribution in [0.2, 0.25) is 0 Å². The third kappa shape index (κ3) is 6.35. The third-order valence-corrected chi connectivity index (χ3v) is 7.56. The van der Waals surface area contributed by atoms with Gasteiger partial charge < -0.3 is 25.3 Å². The Bertz CT molecular complexity index is 1600. The number of nitrogens with zero attached hydrogens (tertiary/aromatic N) is 2. The van der Waals surface area contributed by atoms with Gasteiger partial charge >= 0.3 is 5.97 Å². The lowest BCUT2D eigenvalue weighted by molar-refractivity contribution is 0.0467. The zero-order valence-corrected chi connectivity index (χ0v) is 23.8. The van der Waals surface area contributed by atoms with Crippen LogP contribution in [0.3, 0.4) is 0 Å². The fourth-order valence-corrected chi connectivity index (χ4v) is 5.28. The largest absolute Gasteiger partial charge is 0.456 e. The fourth-order valence-electron chi connectivity index (χ4n) is 5.28. The second-order valence-corrected chi connectivity index (χ2v) is 10.6. The van der Waals surface area contributed by atoms with E-state index in [0.29, 0.717) is 29.8 Å². The molecule has 8 heteroatoms. The van der Waals surface area contributed by atoms with Gasteiger partial charge in [0.2, 0.25) is 0 Å². The Morgan fingerprint density at radius 1 is 0.929 bits per heavy atom. The van der Waals surface area contributed by atoms with Crippen molar-refractivity contribution in [2.24, 2.45) is 0 Å². The van der Waals surface area contributed by atoms with Crippen LogP contribution in [0.1, 0.15) is 59.9 Å². The van der Waals surface area contributed by atoms with Crippen molar-refractivity contribution in [3.8, 4) is 33.6 Å². The Balaban J connectivity index is 1.19. The maximum Gasteiger partial charge on any atom is 0.357 e. The lowest BCUT2D eigenvalue weighted by Gasteiger charge is -2.07. The van der Waals surface area contributed by atoms with Gasteiger partial charge in [0, 0.05) is 5.56 Å². The molecule has 0 radical (unpaired) electrons. The molecule has 214 valence electrons. The molecule has 0 spiro atoms. The first-order chi connectivity index (χ1) is 20.7. The Kier molecular flexibility index (Phi) is 8.54. The van der Waals surface area contributed by atoms with E-state index in [1.165, 1.54) is 6.42 Å². The van der Waals surface area contributed by atoms with Gasteiger partial charge in [0.05, 0.1) is 24.5 Å². The highest BCUT2D eigenvalue weighted by atomic mass is 16.5. The molecule has 0 unspecified atom stereocenters. The highest BCUT2D eigenvalue weighted by molar-refractivity contribution is 5.94. The number of hydrogen-bond acceptors (Lipinski definition) is 6. The van der Waals surface area contributed by atoms with E-state index in [9.17, 15) is 4.79 Å². The van der Waals surface area contributed by atoms with Crippen molar-refractivity contribution in [2.75, 3.05) is 13.1 Å². The monoisotopic (exact) mass is 560 g/mol. The lowest BCUT2D eigenvalue weighted by Crippen LogP contribution is -2.15. The van der Waals surface area contributed by atoms with Crippen LogP contribution in [0.15, 0.2) is 85.1 Å². The molecule has 1 saturated heterocycles. The zero-order chi connectivity index (χ0) is 28.7. The summed E-state index contributed by atoms with van der Waals surface area (Å²) in [5.41, 5.74) is 7.06. The van der Waals surface area contributed by atoms with Crippen molar-refractivity contribution in [3.05, 3.63) is 108 Å². The number of esters is 1. The van der Waals surface area contributed by atoms with Crippen molar-refractivity contribution in [3.63, 3.8) is 0 Å². The highest BCUT2D eigenvalue weighted by Gasteiger charge is 2.21. The lowest BCUT2D eigenvalue weighted by atomic mass is 10.0. The fraction of sp³-hybridized carbons (Fsp3) is 0.265. The van der Waals surface area contributed by atoms with Crippen molar-refractivity contribution in [1.82, 2.24) is 30.6 Å². The van der Waals surface area contributed by atoms with Crippen LogP contribution in [0.25, 0.3) is 33.6 Å². The molecule has 1 aliphatic rings. The van der Waals surface area contributed by atoms with Gasteiger partial charge in [-0.05, 0) is 54.6 Å². The van der Waals surface area contributed by atoms with Gasteiger partial charge in [-0.1, -0.05) is 85.8 Å². The van der Waals surface area contributed by atoms with E-state index in [0.717, 1.165) is 65.3 Å². The molecular weight excluding hydrogens is 524 g/mol. The molecule has 0 aliphatic carbocycles. The minimum Gasteiger partial charge on any atom is -0.456 e. The van der Waals surface area contributed by atoms with Gasteiger partial charge in [-0.25, -0.2) is 14.8 Å². The summed E-state index contributed by atoms with van der Waals surface area (Å²) in [6.45, 7) is 4.78. The Morgan fingerprint density at radius 2 is 1.64 bits per heavy atom. The molecule has 3 aromatic carbocycles. The van der Waals surface area contributed by atoms with Gasteiger partial charge in [-0.2, -0.15) is 0 Å². The zero-order valence-electron chi connectivity index (χ0n) is 23.8. The minimum absolute atomic E-state index is 0.202. The molecule has 1 aliphatic heterocycles. The molecule has 0 bridgehead atoms. The number of aromatic nitrogens is 4. The average molecular weight is 561 g/mol. The Hall–Kier alpha value is -4.53. The quantitative estimate of drug-likeness (QED) is 0.110. The van der Waals surface area contributed by atoms with E-state index in [1.807, 2.05) is 48.7 Å². The summed E-state index contributed by atoms with van der Waals surface area (Å²) in [6, 6.07) is 26.6. The van der Waals surface area contributed by atoms with Crippen LogP contribution in [0.5, 0.6) is 0 Å². The van der Waals surface area contributed by atoms with Gasteiger partial charge in [-0.15, -0.1) is 0 Å². The number of carbonyl (C=O) groups is 1. The summed E-state index contributed by atoms with van der Waals surface area (Å²) in [5, 5.41) is 6.84. The molecule has 0 saturated carbocycles. The van der Waals surface area contributed by atoms with E-state index in [1.54, 1.807) is 0 Å². The van der Waals surface area contributed by atoms with Crippen LogP contribution in [-0.4, -0.2) is 39.0 Å². The van der Waals surface area contributed by atoms with E-state index < -0.39 is 5.97 Å². The summed E-state index contributed by atoms with van der Waals surface area (Å²) < 4.78 is 5.65. The highest BCUT2D eigenvalue weighted by Crippen LogP contribution is 2.29. The van der Waals surface area contributed by atoms with Crippen LogP contribution in [0, 0.1) is 0 Å². The Morgan fingerprint density at radius 3 is 2.33 bits per heavy atom. The van der Waals surface area contributed by atoms with Crippen LogP contribution in [-0.2, 0) is 17.9 Å². The molecule has 42 heavy (non-hydrogen) atoms. The molecule has 5 aromatic rings. The van der Waals surface area contributed by atoms with Crippen molar-refractivity contribution < 1.29 is 9.53 Å². The van der Waals surface area contributed by atoms with Crippen LogP contribution in [0.4, 0.5) is 0 Å². The van der Waals surface area contributed by atoms with Crippen molar-refractivity contribution in [1.29, 1.82) is 0 Å². The summed E-state index contributed by atoms with van der Waals surface area (Å²) in [6.07, 6.45) is 5.24. The first-order valence-electron chi connectivity index (χ1n) is 14.7. The molecule has 8 nitrogen and oxygen atoms in total.